The standard InChI is InChI=1S/C13H16N4/c1-10-15-6-5-13(17-10)16-9-12-4-2-3-11(7-12)8-14/h2-7H,8-9,14H2,1H3,(H,15,16,17). The third kappa shape index (κ3) is 3.26. The molecule has 3 N–H and O–H groups in total. The molecule has 0 amide bonds. The fourth-order valence-corrected chi connectivity index (χ4v) is 1.61. The van der Waals surface area contributed by atoms with Crippen LogP contribution >= 0.6 is 0 Å². The lowest BCUT2D eigenvalue weighted by Crippen LogP contribution is -2.04. The molecule has 1 aromatic heterocycles. The number of hydrogen-bond acceptors (Lipinski definition) is 4. The van der Waals surface area contributed by atoms with Crippen molar-refractivity contribution in [1.29, 1.82) is 0 Å². The van der Waals surface area contributed by atoms with Crippen LogP contribution in [0.3, 0.4) is 0 Å². The number of hydrogen-bond donors (Lipinski definition) is 2. The van der Waals surface area contributed by atoms with E-state index >= 15 is 0 Å². The molecule has 0 spiro atoms. The average molecular weight is 228 g/mol. The van der Waals surface area contributed by atoms with Crippen LogP contribution in [-0.4, -0.2) is 9.97 Å². The summed E-state index contributed by atoms with van der Waals surface area (Å²) in [6.45, 7) is 3.19. The zero-order chi connectivity index (χ0) is 12.1. The van der Waals surface area contributed by atoms with Crippen molar-refractivity contribution in [2.45, 2.75) is 20.0 Å². The second kappa shape index (κ2) is 5.41. The van der Waals surface area contributed by atoms with E-state index in [0.717, 1.165) is 23.8 Å². The Kier molecular flexibility index (Phi) is 3.67. The summed E-state index contributed by atoms with van der Waals surface area (Å²) in [5, 5.41) is 3.26. The van der Waals surface area contributed by atoms with Crippen LogP contribution < -0.4 is 11.1 Å². The predicted molar refractivity (Wildman–Crippen MR) is 68.4 cm³/mol. The lowest BCUT2D eigenvalue weighted by molar-refractivity contribution is 1.01. The molecule has 1 aromatic carbocycles. The molecule has 0 saturated heterocycles. The van der Waals surface area contributed by atoms with Gasteiger partial charge < -0.3 is 11.1 Å². The molecular formula is C13H16N4. The first-order valence-electron chi connectivity index (χ1n) is 5.59. The van der Waals surface area contributed by atoms with Crippen LogP contribution in [0.5, 0.6) is 0 Å². The third-order valence-corrected chi connectivity index (χ3v) is 2.48. The first-order chi connectivity index (χ1) is 8.28. The molecule has 17 heavy (non-hydrogen) atoms. The van der Waals surface area contributed by atoms with E-state index in [2.05, 4.69) is 27.4 Å². The van der Waals surface area contributed by atoms with Crippen molar-refractivity contribution < 1.29 is 0 Å². The molecule has 2 rings (SSSR count). The minimum Gasteiger partial charge on any atom is -0.366 e. The van der Waals surface area contributed by atoms with E-state index < -0.39 is 0 Å². The number of aryl methyl sites for hydroxylation is 1. The molecule has 2 aromatic rings. The molecule has 4 heteroatoms. The predicted octanol–water partition coefficient (Wildman–Crippen LogP) is 1.86. The van der Waals surface area contributed by atoms with Gasteiger partial charge in [0.1, 0.15) is 11.6 Å². The molecule has 0 aliphatic rings. The van der Waals surface area contributed by atoms with E-state index in [-0.39, 0.29) is 0 Å². The van der Waals surface area contributed by atoms with E-state index in [0.29, 0.717) is 6.54 Å². The number of benzene rings is 1. The summed E-state index contributed by atoms with van der Waals surface area (Å²) in [6, 6.07) is 10.1. The van der Waals surface area contributed by atoms with Crippen LogP contribution in [0, 0.1) is 6.92 Å². The molecule has 1 heterocycles. The van der Waals surface area contributed by atoms with Gasteiger partial charge >= 0.3 is 0 Å². The summed E-state index contributed by atoms with van der Waals surface area (Å²) < 4.78 is 0. The largest absolute Gasteiger partial charge is 0.366 e. The second-order valence-electron chi connectivity index (χ2n) is 3.87. The number of nitrogens with one attached hydrogen (secondary N) is 1. The van der Waals surface area contributed by atoms with Gasteiger partial charge in [-0.25, -0.2) is 9.97 Å². The van der Waals surface area contributed by atoms with Gasteiger partial charge in [0.2, 0.25) is 0 Å². The topological polar surface area (TPSA) is 63.8 Å². The zero-order valence-electron chi connectivity index (χ0n) is 9.85. The van der Waals surface area contributed by atoms with Gasteiger partial charge in [0.05, 0.1) is 0 Å². The molecule has 0 fully saturated rings. The molecule has 0 radical (unpaired) electrons. The normalized spacial score (nSPS) is 10.2. The van der Waals surface area contributed by atoms with Crippen LogP contribution in [0.15, 0.2) is 36.5 Å². The molecule has 0 saturated carbocycles. The summed E-state index contributed by atoms with van der Waals surface area (Å²) >= 11 is 0. The fourth-order valence-electron chi connectivity index (χ4n) is 1.61. The summed E-state index contributed by atoms with van der Waals surface area (Å²) in [5.74, 6) is 1.61. The molecule has 0 aliphatic carbocycles. The molecular weight excluding hydrogens is 212 g/mol. The van der Waals surface area contributed by atoms with E-state index in [1.165, 1.54) is 5.56 Å². The highest BCUT2D eigenvalue weighted by molar-refractivity contribution is 5.35. The maximum Gasteiger partial charge on any atom is 0.129 e. The minimum absolute atomic E-state index is 0.570. The number of rotatable bonds is 4. The number of aromatic nitrogens is 2. The summed E-state index contributed by atoms with van der Waals surface area (Å²) in [5.41, 5.74) is 7.94. The van der Waals surface area contributed by atoms with Gasteiger partial charge in [-0.15, -0.1) is 0 Å². The Morgan fingerprint density at radius 2 is 2.06 bits per heavy atom. The van der Waals surface area contributed by atoms with Crippen molar-refractivity contribution in [2.24, 2.45) is 5.73 Å². The number of anilines is 1. The Bertz CT molecular complexity index is 496. The highest BCUT2D eigenvalue weighted by Crippen LogP contribution is 2.08. The van der Waals surface area contributed by atoms with Gasteiger partial charge in [0.15, 0.2) is 0 Å². The van der Waals surface area contributed by atoms with Crippen molar-refractivity contribution in [3.8, 4) is 0 Å². The Balaban J connectivity index is 2.02. The Hall–Kier alpha value is -1.94. The van der Waals surface area contributed by atoms with Crippen molar-refractivity contribution in [3.63, 3.8) is 0 Å². The van der Waals surface area contributed by atoms with Crippen molar-refractivity contribution in [1.82, 2.24) is 9.97 Å². The maximum atomic E-state index is 5.60. The second-order valence-corrected chi connectivity index (χ2v) is 3.87. The van der Waals surface area contributed by atoms with Crippen LogP contribution in [0.1, 0.15) is 17.0 Å². The van der Waals surface area contributed by atoms with E-state index in [4.69, 9.17) is 5.73 Å². The molecule has 0 bridgehead atoms. The molecule has 0 atom stereocenters. The molecule has 0 aliphatic heterocycles. The first kappa shape index (κ1) is 11.5. The van der Waals surface area contributed by atoms with Gasteiger partial charge in [-0.2, -0.15) is 0 Å². The number of nitrogens with two attached hydrogens (primary N) is 1. The quantitative estimate of drug-likeness (QED) is 0.838. The summed E-state index contributed by atoms with van der Waals surface area (Å²) in [4.78, 5) is 8.34. The van der Waals surface area contributed by atoms with E-state index in [1.54, 1.807) is 6.20 Å². The minimum atomic E-state index is 0.570. The van der Waals surface area contributed by atoms with Crippen LogP contribution in [0.4, 0.5) is 5.82 Å². The van der Waals surface area contributed by atoms with Gasteiger partial charge in [-0.1, -0.05) is 24.3 Å². The first-order valence-corrected chi connectivity index (χ1v) is 5.59. The smallest absolute Gasteiger partial charge is 0.129 e. The van der Waals surface area contributed by atoms with Gasteiger partial charge in [-0.05, 0) is 24.1 Å². The van der Waals surface area contributed by atoms with Crippen LogP contribution in [0.2, 0.25) is 0 Å². The highest BCUT2D eigenvalue weighted by atomic mass is 15.0. The van der Waals surface area contributed by atoms with Gasteiger partial charge in [-0.3, -0.25) is 0 Å². The SMILES string of the molecule is Cc1nccc(NCc2cccc(CN)c2)n1. The van der Waals surface area contributed by atoms with Crippen molar-refractivity contribution >= 4 is 5.82 Å². The van der Waals surface area contributed by atoms with Gasteiger partial charge in [0, 0.05) is 19.3 Å². The zero-order valence-corrected chi connectivity index (χ0v) is 9.85. The monoisotopic (exact) mass is 228 g/mol. The third-order valence-electron chi connectivity index (χ3n) is 2.48. The fraction of sp³-hybridized carbons (Fsp3) is 0.231. The highest BCUT2D eigenvalue weighted by Gasteiger charge is 1.97. The van der Waals surface area contributed by atoms with E-state index in [1.807, 2.05) is 25.1 Å². The van der Waals surface area contributed by atoms with Crippen LogP contribution in [0.25, 0.3) is 0 Å². The molecule has 88 valence electrons. The Labute approximate surface area is 101 Å². The number of nitrogens with zero attached hydrogens (tertiary/aromatic N) is 2. The van der Waals surface area contributed by atoms with Crippen LogP contribution in [-0.2, 0) is 13.1 Å². The molecule has 0 unspecified atom stereocenters. The van der Waals surface area contributed by atoms with E-state index in [9.17, 15) is 0 Å². The average Bonchev–Trinajstić information content (AvgIpc) is 2.37. The Morgan fingerprint density at radius 1 is 1.24 bits per heavy atom. The lowest BCUT2D eigenvalue weighted by Gasteiger charge is -2.07. The lowest BCUT2D eigenvalue weighted by atomic mass is 10.1. The maximum absolute atomic E-state index is 5.60. The Morgan fingerprint density at radius 3 is 2.82 bits per heavy atom. The van der Waals surface area contributed by atoms with Gasteiger partial charge in [0.25, 0.3) is 0 Å². The summed E-state index contributed by atoms with van der Waals surface area (Å²) in [6.07, 6.45) is 1.75. The summed E-state index contributed by atoms with van der Waals surface area (Å²) in [7, 11) is 0. The van der Waals surface area contributed by atoms with Crippen molar-refractivity contribution in [3.05, 3.63) is 53.5 Å². The van der Waals surface area contributed by atoms with Crippen molar-refractivity contribution in [2.75, 3.05) is 5.32 Å². The molecule has 4 nitrogen and oxygen atoms in total.